The largest absolute Gasteiger partial charge is 0.361 e. The van der Waals surface area contributed by atoms with Crippen molar-refractivity contribution in [1.82, 2.24) is 25.1 Å². The van der Waals surface area contributed by atoms with Crippen molar-refractivity contribution in [1.29, 1.82) is 0 Å². The van der Waals surface area contributed by atoms with Gasteiger partial charge < -0.3 is 14.9 Å². The third-order valence-electron chi connectivity index (χ3n) is 3.97. The van der Waals surface area contributed by atoms with Crippen LogP contribution in [0.5, 0.6) is 0 Å². The van der Waals surface area contributed by atoms with Gasteiger partial charge in [-0.25, -0.2) is 0 Å². The summed E-state index contributed by atoms with van der Waals surface area (Å²) in [6.07, 6.45) is 3.87. The van der Waals surface area contributed by atoms with Crippen molar-refractivity contribution in [2.24, 2.45) is 0 Å². The lowest BCUT2D eigenvalue weighted by atomic mass is 10.1. The Kier molecular flexibility index (Phi) is 2.77. The lowest BCUT2D eigenvalue weighted by molar-refractivity contribution is 0.623. The molecule has 3 heterocycles. The Balaban J connectivity index is 1.71. The Morgan fingerprint density at radius 3 is 3.10 bits per heavy atom. The van der Waals surface area contributed by atoms with Gasteiger partial charge in [-0.3, -0.25) is 0 Å². The molecule has 0 saturated carbocycles. The van der Waals surface area contributed by atoms with E-state index < -0.39 is 0 Å². The van der Waals surface area contributed by atoms with E-state index in [1.165, 1.54) is 16.5 Å². The van der Waals surface area contributed by atoms with Crippen molar-refractivity contribution in [2.45, 2.75) is 19.4 Å². The van der Waals surface area contributed by atoms with E-state index in [9.17, 15) is 0 Å². The fourth-order valence-corrected chi connectivity index (χ4v) is 2.91. The van der Waals surface area contributed by atoms with Crippen molar-refractivity contribution in [2.75, 3.05) is 13.1 Å². The second kappa shape index (κ2) is 4.76. The van der Waals surface area contributed by atoms with E-state index in [1.54, 1.807) is 0 Å². The maximum Gasteiger partial charge on any atom is 0.137 e. The number of hydrogen-bond donors (Lipinski definition) is 2. The van der Waals surface area contributed by atoms with Crippen molar-refractivity contribution >= 4 is 10.9 Å². The predicted molar refractivity (Wildman–Crippen MR) is 77.7 cm³/mol. The second-order valence-corrected chi connectivity index (χ2v) is 5.22. The molecule has 0 spiro atoms. The van der Waals surface area contributed by atoms with Crippen LogP contribution in [-0.2, 0) is 19.4 Å². The van der Waals surface area contributed by atoms with Gasteiger partial charge in [0.1, 0.15) is 11.6 Å². The first-order valence-electron chi connectivity index (χ1n) is 7.08. The monoisotopic (exact) mass is 267 g/mol. The molecular weight excluding hydrogens is 250 g/mol. The van der Waals surface area contributed by atoms with Gasteiger partial charge in [-0.1, -0.05) is 18.2 Å². The van der Waals surface area contributed by atoms with E-state index in [0.29, 0.717) is 0 Å². The highest BCUT2D eigenvalue weighted by Gasteiger charge is 2.15. The van der Waals surface area contributed by atoms with Crippen LogP contribution in [0.15, 0.2) is 30.5 Å². The van der Waals surface area contributed by atoms with Crippen LogP contribution in [-0.4, -0.2) is 32.8 Å². The zero-order chi connectivity index (χ0) is 13.4. The molecule has 0 radical (unpaired) electrons. The summed E-state index contributed by atoms with van der Waals surface area (Å²) in [6, 6.07) is 8.39. The molecule has 0 amide bonds. The molecule has 0 atom stereocenters. The van der Waals surface area contributed by atoms with Crippen LogP contribution in [0.25, 0.3) is 10.9 Å². The minimum Gasteiger partial charge on any atom is -0.361 e. The summed E-state index contributed by atoms with van der Waals surface area (Å²) in [5.41, 5.74) is 2.47. The Morgan fingerprint density at radius 2 is 2.10 bits per heavy atom. The van der Waals surface area contributed by atoms with Gasteiger partial charge in [0.15, 0.2) is 0 Å². The Bertz CT molecular complexity index is 740. The fourth-order valence-electron chi connectivity index (χ4n) is 2.91. The van der Waals surface area contributed by atoms with Gasteiger partial charge in [0, 0.05) is 49.6 Å². The number of para-hydroxylation sites is 1. The first-order valence-corrected chi connectivity index (χ1v) is 7.08. The summed E-state index contributed by atoms with van der Waals surface area (Å²) >= 11 is 0. The van der Waals surface area contributed by atoms with Gasteiger partial charge in [0.25, 0.3) is 0 Å². The molecule has 5 heteroatoms. The molecule has 4 rings (SSSR count). The molecule has 1 aliphatic heterocycles. The molecule has 2 N–H and O–H groups in total. The molecule has 20 heavy (non-hydrogen) atoms. The molecule has 0 fully saturated rings. The number of rotatable bonds is 2. The minimum absolute atomic E-state index is 0.830. The smallest absolute Gasteiger partial charge is 0.137 e. The Hall–Kier alpha value is -2.14. The quantitative estimate of drug-likeness (QED) is 0.739. The SMILES string of the molecule is c1ccc2c(Cc3nnc4n3CCNCC4)c[nH]c2c1. The van der Waals surface area contributed by atoms with Crippen LogP contribution in [0, 0.1) is 0 Å². The van der Waals surface area contributed by atoms with Crippen LogP contribution in [0.3, 0.4) is 0 Å². The maximum atomic E-state index is 4.39. The molecule has 1 aromatic carbocycles. The normalized spacial score (nSPS) is 15.2. The van der Waals surface area contributed by atoms with Crippen LogP contribution >= 0.6 is 0 Å². The topological polar surface area (TPSA) is 58.5 Å². The van der Waals surface area contributed by atoms with Crippen LogP contribution in [0.2, 0.25) is 0 Å². The lowest BCUT2D eigenvalue weighted by Gasteiger charge is -2.06. The van der Waals surface area contributed by atoms with E-state index in [-0.39, 0.29) is 0 Å². The van der Waals surface area contributed by atoms with E-state index >= 15 is 0 Å². The number of aromatic amines is 1. The summed E-state index contributed by atoms with van der Waals surface area (Å²) in [7, 11) is 0. The number of aromatic nitrogens is 4. The van der Waals surface area contributed by atoms with Gasteiger partial charge in [-0.15, -0.1) is 10.2 Å². The molecule has 0 unspecified atom stereocenters. The van der Waals surface area contributed by atoms with Gasteiger partial charge in [0.2, 0.25) is 0 Å². The molecule has 102 valence electrons. The molecule has 0 aliphatic carbocycles. The summed E-state index contributed by atoms with van der Waals surface area (Å²) in [5, 5.41) is 13.4. The Morgan fingerprint density at radius 1 is 1.15 bits per heavy atom. The molecule has 3 aromatic rings. The number of nitrogens with zero attached hydrogens (tertiary/aromatic N) is 3. The molecule has 2 aromatic heterocycles. The molecular formula is C15H17N5. The number of fused-ring (bicyclic) bond motifs is 2. The van der Waals surface area contributed by atoms with E-state index in [1.807, 2.05) is 0 Å². The van der Waals surface area contributed by atoms with Gasteiger partial charge >= 0.3 is 0 Å². The van der Waals surface area contributed by atoms with Crippen molar-refractivity contribution in [3.63, 3.8) is 0 Å². The van der Waals surface area contributed by atoms with Crippen LogP contribution in [0.1, 0.15) is 17.2 Å². The highest BCUT2D eigenvalue weighted by molar-refractivity contribution is 5.83. The number of benzene rings is 1. The average Bonchev–Trinajstić information content (AvgIpc) is 2.97. The molecule has 0 bridgehead atoms. The van der Waals surface area contributed by atoms with Gasteiger partial charge in [-0.2, -0.15) is 0 Å². The summed E-state index contributed by atoms with van der Waals surface area (Å²) in [5.74, 6) is 2.17. The predicted octanol–water partition coefficient (Wildman–Crippen LogP) is 1.50. The standard InChI is InChI=1S/C15H17N5/c1-2-4-13-12(3-1)11(10-17-13)9-15-19-18-14-5-6-16-7-8-20(14)15/h1-4,10,16-17H,5-9H2. The van der Waals surface area contributed by atoms with Crippen LogP contribution in [0.4, 0.5) is 0 Å². The van der Waals surface area contributed by atoms with Crippen LogP contribution < -0.4 is 5.32 Å². The zero-order valence-corrected chi connectivity index (χ0v) is 11.3. The third kappa shape index (κ3) is 1.91. The first-order chi connectivity index (χ1) is 9.92. The number of hydrogen-bond acceptors (Lipinski definition) is 3. The summed E-state index contributed by atoms with van der Waals surface area (Å²) < 4.78 is 2.27. The molecule has 0 saturated heterocycles. The first kappa shape index (κ1) is 11.7. The minimum atomic E-state index is 0.830. The number of H-pyrrole nitrogens is 1. The Labute approximate surface area is 117 Å². The van der Waals surface area contributed by atoms with Crippen molar-refractivity contribution < 1.29 is 0 Å². The summed E-state index contributed by atoms with van der Waals surface area (Å²) in [6.45, 7) is 2.94. The third-order valence-corrected chi connectivity index (χ3v) is 3.97. The second-order valence-electron chi connectivity index (χ2n) is 5.22. The van der Waals surface area contributed by atoms with Gasteiger partial charge in [-0.05, 0) is 11.6 Å². The highest BCUT2D eigenvalue weighted by Crippen LogP contribution is 2.20. The lowest BCUT2D eigenvalue weighted by Crippen LogP contribution is -2.18. The summed E-state index contributed by atoms with van der Waals surface area (Å²) in [4.78, 5) is 3.32. The van der Waals surface area contributed by atoms with E-state index in [4.69, 9.17) is 0 Å². The van der Waals surface area contributed by atoms with Crippen molar-refractivity contribution in [3.05, 3.63) is 47.7 Å². The highest BCUT2D eigenvalue weighted by atomic mass is 15.3. The fraction of sp³-hybridized carbons (Fsp3) is 0.333. The van der Waals surface area contributed by atoms with E-state index in [2.05, 4.69) is 55.5 Å². The zero-order valence-electron chi connectivity index (χ0n) is 11.3. The number of nitrogens with one attached hydrogen (secondary N) is 2. The van der Waals surface area contributed by atoms with E-state index in [0.717, 1.165) is 44.1 Å². The molecule has 5 nitrogen and oxygen atoms in total. The maximum absolute atomic E-state index is 4.39. The molecule has 1 aliphatic rings. The van der Waals surface area contributed by atoms with Gasteiger partial charge in [0.05, 0.1) is 0 Å². The average molecular weight is 267 g/mol. The van der Waals surface area contributed by atoms with Crippen molar-refractivity contribution in [3.8, 4) is 0 Å².